The lowest BCUT2D eigenvalue weighted by Gasteiger charge is -2.33. The van der Waals surface area contributed by atoms with E-state index < -0.39 is 15.6 Å². The second-order valence-corrected chi connectivity index (χ2v) is 17.2. The number of nitrogens with two attached hydrogens (primary N) is 1. The first kappa shape index (κ1) is 44.5. The number of anilines is 8. The van der Waals surface area contributed by atoms with Gasteiger partial charge in [-0.2, -0.15) is 10.5 Å². The van der Waals surface area contributed by atoms with Crippen LogP contribution in [0.25, 0.3) is 0 Å². The van der Waals surface area contributed by atoms with Gasteiger partial charge in [0.05, 0.1) is 65.7 Å². The molecule has 20 nitrogen and oxygen atoms in total. The summed E-state index contributed by atoms with van der Waals surface area (Å²) in [5, 5.41) is 33.8. The van der Waals surface area contributed by atoms with Crippen molar-refractivity contribution in [2.24, 2.45) is 11.8 Å². The second kappa shape index (κ2) is 20.9. The number of hydrogen-bond donors (Lipinski definition) is 7. The van der Waals surface area contributed by atoms with Crippen LogP contribution in [0, 0.1) is 34.5 Å². The van der Waals surface area contributed by atoms with E-state index >= 15 is 0 Å². The van der Waals surface area contributed by atoms with Crippen LogP contribution in [0.15, 0.2) is 49.3 Å². The number of carbonyl (C=O) groups is 1. The van der Waals surface area contributed by atoms with E-state index in [-0.39, 0.29) is 23.2 Å². The first-order chi connectivity index (χ1) is 28.7. The van der Waals surface area contributed by atoms with E-state index in [9.17, 15) is 13.2 Å². The third-order valence-corrected chi connectivity index (χ3v) is 10.7. The molecule has 21 heteroatoms. The standard InChI is InChI=1S/C21H28N8O2.C18H24N8O2S/c1-21(2,3)31-20(30)29-6-4-14(5-7-29)10-25-17-8-18(27-12-16(17)23)28-19-13-24-15(9-22)11-26-19;1-2-29(27,28)26-16-11-24-17(25-18-12-21-14(8-19)10-23-18)7-15(16)22-9-13-3-5-20-6-4-13/h8,11-14H,4-7,10,23H2,1-3H3,(H2,25,26,27,28);7,10-13,20,26H,2-6,9H2,1H3,(H2,22,23,24,25). The lowest BCUT2D eigenvalue weighted by molar-refractivity contribution is 0.0188. The smallest absolute Gasteiger partial charge is 0.410 e. The minimum absolute atomic E-state index is 0.0262. The maximum atomic E-state index is 12.2. The zero-order valence-electron chi connectivity index (χ0n) is 34.2. The Kier molecular flexibility index (Phi) is 15.5. The van der Waals surface area contributed by atoms with Crippen LogP contribution in [0.1, 0.15) is 64.8 Å². The van der Waals surface area contributed by atoms with Crippen LogP contribution in [-0.2, 0) is 14.8 Å². The molecule has 6 rings (SSSR count). The van der Waals surface area contributed by atoms with E-state index in [1.165, 1.54) is 31.0 Å². The van der Waals surface area contributed by atoms with Crippen molar-refractivity contribution in [3.8, 4) is 12.1 Å². The Morgan fingerprint density at radius 1 is 0.783 bits per heavy atom. The van der Waals surface area contributed by atoms with Crippen LogP contribution < -0.4 is 37.0 Å². The van der Waals surface area contributed by atoms with Crippen molar-refractivity contribution in [1.82, 2.24) is 40.1 Å². The minimum atomic E-state index is -3.43. The first-order valence-corrected chi connectivity index (χ1v) is 21.3. The molecule has 4 aromatic heterocycles. The molecule has 4 aromatic rings. The average Bonchev–Trinajstić information content (AvgIpc) is 3.24. The molecule has 2 fully saturated rings. The molecule has 0 atom stereocenters. The van der Waals surface area contributed by atoms with Crippen molar-refractivity contribution in [3.05, 3.63) is 60.7 Å². The summed E-state index contributed by atoms with van der Waals surface area (Å²) < 4.78 is 32.1. The van der Waals surface area contributed by atoms with Gasteiger partial charge in [0.2, 0.25) is 10.0 Å². The highest BCUT2D eigenvalue weighted by molar-refractivity contribution is 7.92. The van der Waals surface area contributed by atoms with Crippen molar-refractivity contribution < 1.29 is 17.9 Å². The maximum Gasteiger partial charge on any atom is 0.410 e. The highest BCUT2D eigenvalue weighted by Crippen LogP contribution is 2.28. The van der Waals surface area contributed by atoms with Gasteiger partial charge in [-0.15, -0.1) is 0 Å². The number of aromatic nitrogens is 6. The van der Waals surface area contributed by atoms with Crippen molar-refractivity contribution in [1.29, 1.82) is 10.5 Å². The summed E-state index contributed by atoms with van der Waals surface area (Å²) in [6, 6.07) is 7.38. The fraction of sp³-hybridized carbons (Fsp3) is 0.462. The fourth-order valence-corrected chi connectivity index (χ4v) is 6.72. The van der Waals surface area contributed by atoms with Gasteiger partial charge in [0.25, 0.3) is 0 Å². The Bertz CT molecular complexity index is 2230. The Labute approximate surface area is 350 Å². The largest absolute Gasteiger partial charge is 0.444 e. The van der Waals surface area contributed by atoms with Gasteiger partial charge in [-0.25, -0.2) is 43.1 Å². The van der Waals surface area contributed by atoms with E-state index in [1.807, 2.05) is 39.0 Å². The summed E-state index contributed by atoms with van der Waals surface area (Å²) >= 11 is 0. The molecule has 0 bridgehead atoms. The number of nitrogen functional groups attached to an aromatic ring is 1. The maximum absolute atomic E-state index is 12.2. The molecule has 2 aliphatic rings. The molecule has 0 saturated carbocycles. The van der Waals surface area contributed by atoms with Gasteiger partial charge in [-0.3, -0.25) is 4.72 Å². The number of nitriles is 2. The quantitative estimate of drug-likeness (QED) is 0.0952. The lowest BCUT2D eigenvalue weighted by atomic mass is 9.97. The molecule has 318 valence electrons. The van der Waals surface area contributed by atoms with Crippen LogP contribution in [0.5, 0.6) is 0 Å². The van der Waals surface area contributed by atoms with Crippen molar-refractivity contribution in [2.45, 2.75) is 59.0 Å². The summed E-state index contributed by atoms with van der Waals surface area (Å²) in [5.41, 5.74) is 8.41. The molecule has 0 unspecified atom stereocenters. The number of nitrogens with zero attached hydrogens (tertiary/aromatic N) is 9. The van der Waals surface area contributed by atoms with Crippen LogP contribution in [0.4, 0.5) is 50.8 Å². The molecule has 60 heavy (non-hydrogen) atoms. The predicted octanol–water partition coefficient (Wildman–Crippen LogP) is 4.79. The Morgan fingerprint density at radius 2 is 1.30 bits per heavy atom. The van der Waals surface area contributed by atoms with E-state index in [2.05, 4.69) is 61.2 Å². The number of likely N-dealkylation sites (tertiary alicyclic amines) is 1. The van der Waals surface area contributed by atoms with E-state index in [0.29, 0.717) is 65.3 Å². The number of sulfonamides is 1. The number of amides is 1. The lowest BCUT2D eigenvalue weighted by Crippen LogP contribution is -2.42. The molecular weight excluding hydrogens is 789 g/mol. The molecule has 2 aliphatic heterocycles. The van der Waals surface area contributed by atoms with E-state index in [4.69, 9.17) is 21.0 Å². The molecule has 0 radical (unpaired) electrons. The second-order valence-electron chi connectivity index (χ2n) is 15.2. The summed E-state index contributed by atoms with van der Waals surface area (Å²) in [4.78, 5) is 38.7. The predicted molar refractivity (Wildman–Crippen MR) is 229 cm³/mol. The number of pyridine rings is 2. The van der Waals surface area contributed by atoms with Gasteiger partial charge in [0, 0.05) is 38.3 Å². The molecule has 8 N–H and O–H groups in total. The number of carbonyl (C=O) groups excluding carboxylic acids is 1. The topological polar surface area (TPSA) is 287 Å². The number of ether oxygens (including phenoxy) is 1. The Hall–Kier alpha value is -6.58. The third-order valence-electron chi connectivity index (χ3n) is 9.42. The molecule has 0 spiro atoms. The summed E-state index contributed by atoms with van der Waals surface area (Å²) in [6.45, 7) is 12.0. The van der Waals surface area contributed by atoms with Crippen molar-refractivity contribution in [3.63, 3.8) is 0 Å². The number of nitrogens with one attached hydrogen (secondary N) is 6. The highest BCUT2D eigenvalue weighted by Gasteiger charge is 2.27. The number of rotatable bonds is 13. The van der Waals surface area contributed by atoms with Gasteiger partial charge < -0.3 is 42.0 Å². The van der Waals surface area contributed by atoms with Crippen LogP contribution in [0.3, 0.4) is 0 Å². The molecule has 2 saturated heterocycles. The number of hydrogen-bond acceptors (Lipinski definition) is 18. The fourth-order valence-electron chi connectivity index (χ4n) is 6.08. The Morgan fingerprint density at radius 3 is 1.82 bits per heavy atom. The van der Waals surface area contributed by atoms with Crippen molar-refractivity contribution in [2.75, 3.05) is 76.7 Å². The van der Waals surface area contributed by atoms with Crippen molar-refractivity contribution >= 4 is 62.1 Å². The average molecular weight is 841 g/mol. The zero-order valence-corrected chi connectivity index (χ0v) is 35.0. The first-order valence-electron chi connectivity index (χ1n) is 19.6. The minimum Gasteiger partial charge on any atom is -0.444 e. The summed E-state index contributed by atoms with van der Waals surface area (Å²) in [7, 11) is -3.43. The molecule has 0 aliphatic carbocycles. The van der Waals surface area contributed by atoms with E-state index in [1.54, 1.807) is 24.1 Å². The van der Waals surface area contributed by atoms with E-state index in [0.717, 1.165) is 57.5 Å². The van der Waals surface area contributed by atoms with Gasteiger partial charge in [-0.05, 0) is 78.3 Å². The van der Waals surface area contributed by atoms with Gasteiger partial charge in [0.15, 0.2) is 11.4 Å². The van der Waals surface area contributed by atoms with Gasteiger partial charge >= 0.3 is 6.09 Å². The van der Waals surface area contributed by atoms with Gasteiger partial charge in [0.1, 0.15) is 41.0 Å². The molecular formula is C39H52N16O4S. The highest BCUT2D eigenvalue weighted by atomic mass is 32.2. The van der Waals surface area contributed by atoms with Gasteiger partial charge in [-0.1, -0.05) is 0 Å². The normalized spacial score (nSPS) is 14.7. The monoisotopic (exact) mass is 840 g/mol. The van der Waals surface area contributed by atoms with Crippen LogP contribution >= 0.6 is 0 Å². The molecule has 0 aromatic carbocycles. The SMILES string of the molecule is CC(C)(C)OC(=O)N1CCC(CNc2cc(Nc3cnc(C#N)cn3)ncc2N)CC1.CCS(=O)(=O)Nc1cnc(Nc2cnc(C#N)cn2)cc1NCC1CCNCC1. The third kappa shape index (κ3) is 14.1. The summed E-state index contributed by atoms with van der Waals surface area (Å²) in [5.74, 6) is 2.88. The zero-order chi connectivity index (χ0) is 43.1. The van der Waals surface area contributed by atoms with Crippen LogP contribution in [-0.4, -0.2) is 99.9 Å². The Balaban J connectivity index is 0.000000228. The summed E-state index contributed by atoms with van der Waals surface area (Å²) in [6.07, 6.45) is 12.4. The number of piperidine rings is 2. The molecule has 1 amide bonds. The van der Waals surface area contributed by atoms with Crippen LogP contribution in [0.2, 0.25) is 0 Å². The molecule has 6 heterocycles.